The van der Waals surface area contributed by atoms with Crippen LogP contribution in [0.3, 0.4) is 0 Å². The lowest BCUT2D eigenvalue weighted by Crippen LogP contribution is -2.45. The van der Waals surface area contributed by atoms with Crippen LogP contribution < -0.4 is 10.6 Å². The van der Waals surface area contributed by atoms with E-state index in [0.29, 0.717) is 11.4 Å². The molecule has 1 atom stereocenters. The number of aliphatic carboxylic acids is 1. The van der Waals surface area contributed by atoms with E-state index in [1.807, 2.05) is 30.3 Å². The maximum absolute atomic E-state index is 12.7. The van der Waals surface area contributed by atoms with Gasteiger partial charge in [0.15, 0.2) is 5.41 Å². The summed E-state index contributed by atoms with van der Waals surface area (Å²) in [5, 5.41) is 15.4. The van der Waals surface area contributed by atoms with Gasteiger partial charge in [-0.25, -0.2) is 0 Å². The van der Waals surface area contributed by atoms with E-state index in [-0.39, 0.29) is 6.54 Å². The van der Waals surface area contributed by atoms with Gasteiger partial charge in [-0.1, -0.05) is 36.4 Å². The van der Waals surface area contributed by atoms with E-state index >= 15 is 0 Å². The fourth-order valence-electron chi connectivity index (χ4n) is 2.55. The van der Waals surface area contributed by atoms with E-state index in [0.717, 1.165) is 5.56 Å². The maximum Gasteiger partial charge on any atom is 0.327 e. The van der Waals surface area contributed by atoms with Gasteiger partial charge in [-0.3, -0.25) is 14.6 Å². The lowest BCUT2D eigenvalue weighted by Gasteiger charge is -2.26. The molecule has 6 nitrogen and oxygen atoms in total. The van der Waals surface area contributed by atoms with Crippen molar-refractivity contribution in [2.75, 3.05) is 0 Å². The smallest absolute Gasteiger partial charge is 0.327 e. The Hall–Kier alpha value is -3.41. The highest BCUT2D eigenvalue weighted by molar-refractivity contribution is 6.07. The number of pyridine rings is 1. The van der Waals surface area contributed by atoms with Crippen LogP contribution in [-0.2, 0) is 16.1 Å². The van der Waals surface area contributed by atoms with Crippen LogP contribution >= 0.6 is 0 Å². The topological polar surface area (TPSA) is 91.3 Å². The summed E-state index contributed by atoms with van der Waals surface area (Å²) in [5.74, 6) is -1.85. The first-order valence-corrected chi connectivity index (χ1v) is 7.76. The van der Waals surface area contributed by atoms with E-state index in [1.165, 1.54) is 18.4 Å². The van der Waals surface area contributed by atoms with Gasteiger partial charge in [0.05, 0.1) is 11.4 Å². The minimum atomic E-state index is -1.78. The summed E-state index contributed by atoms with van der Waals surface area (Å²) in [6, 6.07) is 14.6. The Bertz CT molecular complexity index is 832. The Morgan fingerprint density at radius 1 is 1.12 bits per heavy atom. The Labute approximate surface area is 144 Å². The van der Waals surface area contributed by atoms with Gasteiger partial charge >= 0.3 is 5.97 Å². The monoisotopic (exact) mass is 335 g/mol. The fraction of sp³-hybridized carbons (Fsp3) is 0.105. The molecule has 3 rings (SSSR count). The number of nitrogens with one attached hydrogen (secondary N) is 2. The molecule has 126 valence electrons. The third-order valence-corrected chi connectivity index (χ3v) is 3.92. The maximum atomic E-state index is 12.7. The molecule has 0 saturated heterocycles. The zero-order valence-corrected chi connectivity index (χ0v) is 13.3. The first-order valence-electron chi connectivity index (χ1n) is 7.76. The Kier molecular flexibility index (Phi) is 4.61. The van der Waals surface area contributed by atoms with E-state index in [1.54, 1.807) is 24.4 Å². The summed E-state index contributed by atoms with van der Waals surface area (Å²) in [6.45, 7) is 0.253. The molecular weight excluding hydrogens is 318 g/mol. The molecule has 25 heavy (non-hydrogen) atoms. The van der Waals surface area contributed by atoms with Crippen LogP contribution in [0.1, 0.15) is 11.3 Å². The van der Waals surface area contributed by atoms with E-state index < -0.39 is 17.3 Å². The van der Waals surface area contributed by atoms with Crippen LogP contribution in [0.15, 0.2) is 73.1 Å². The van der Waals surface area contributed by atoms with Crippen LogP contribution in [0.2, 0.25) is 0 Å². The second-order valence-electron chi connectivity index (χ2n) is 5.59. The summed E-state index contributed by atoms with van der Waals surface area (Å²) in [4.78, 5) is 28.8. The van der Waals surface area contributed by atoms with Gasteiger partial charge in [-0.15, -0.1) is 0 Å². The average Bonchev–Trinajstić information content (AvgIpc) is 2.67. The molecular formula is C19H17N3O3. The normalized spacial score (nSPS) is 18.8. The molecule has 0 saturated carbocycles. The molecule has 6 heteroatoms. The molecule has 0 radical (unpaired) electrons. The van der Waals surface area contributed by atoms with E-state index in [4.69, 9.17) is 0 Å². The van der Waals surface area contributed by atoms with Crippen molar-refractivity contribution >= 4 is 17.6 Å². The van der Waals surface area contributed by atoms with Crippen LogP contribution in [0.5, 0.6) is 0 Å². The predicted octanol–water partition coefficient (Wildman–Crippen LogP) is 1.93. The number of hydrogen-bond donors (Lipinski definition) is 3. The molecule has 1 amide bonds. The Morgan fingerprint density at radius 2 is 1.88 bits per heavy atom. The lowest BCUT2D eigenvalue weighted by atomic mass is 9.83. The number of carbonyl (C=O) groups is 2. The van der Waals surface area contributed by atoms with Crippen molar-refractivity contribution in [2.45, 2.75) is 6.54 Å². The van der Waals surface area contributed by atoms with Crippen molar-refractivity contribution < 1.29 is 14.7 Å². The molecule has 2 heterocycles. The molecule has 0 fully saturated rings. The molecule has 1 aromatic heterocycles. The summed E-state index contributed by atoms with van der Waals surface area (Å²) < 4.78 is 0. The SMILES string of the molecule is O=C(O)C1(C(=O)NCc2ccccc2)C=CNC(c2ccccn2)=C1. The van der Waals surface area contributed by atoms with Crippen molar-refractivity contribution in [2.24, 2.45) is 5.41 Å². The molecule has 1 unspecified atom stereocenters. The van der Waals surface area contributed by atoms with Crippen molar-refractivity contribution in [1.82, 2.24) is 15.6 Å². The quantitative estimate of drug-likeness (QED) is 0.726. The number of carboxylic acids is 1. The van der Waals surface area contributed by atoms with Gasteiger partial charge in [0, 0.05) is 12.7 Å². The predicted molar refractivity (Wildman–Crippen MR) is 92.8 cm³/mol. The number of benzene rings is 1. The van der Waals surface area contributed by atoms with E-state index in [2.05, 4.69) is 15.6 Å². The van der Waals surface area contributed by atoms with Crippen molar-refractivity contribution in [3.05, 3.63) is 84.3 Å². The van der Waals surface area contributed by atoms with Crippen LogP contribution in [0.4, 0.5) is 0 Å². The highest BCUT2D eigenvalue weighted by Gasteiger charge is 2.44. The number of dihydropyridines is 1. The number of amides is 1. The highest BCUT2D eigenvalue weighted by Crippen LogP contribution is 2.29. The number of rotatable bonds is 5. The zero-order valence-electron chi connectivity index (χ0n) is 13.3. The second-order valence-corrected chi connectivity index (χ2v) is 5.59. The van der Waals surface area contributed by atoms with Gasteiger partial charge in [-0.05, 0) is 36.0 Å². The molecule has 2 aromatic rings. The molecule has 0 spiro atoms. The Morgan fingerprint density at radius 3 is 2.56 bits per heavy atom. The number of nitrogens with zero attached hydrogens (tertiary/aromatic N) is 1. The lowest BCUT2D eigenvalue weighted by molar-refractivity contribution is -0.149. The van der Waals surface area contributed by atoms with Gasteiger partial charge in [-0.2, -0.15) is 0 Å². The largest absolute Gasteiger partial charge is 0.480 e. The van der Waals surface area contributed by atoms with Gasteiger partial charge < -0.3 is 15.7 Å². The van der Waals surface area contributed by atoms with Crippen molar-refractivity contribution in [1.29, 1.82) is 0 Å². The van der Waals surface area contributed by atoms with Crippen LogP contribution in [-0.4, -0.2) is 22.0 Å². The summed E-state index contributed by atoms with van der Waals surface area (Å²) in [5.41, 5.74) is 0.143. The number of carboxylic acid groups (broad SMARTS) is 1. The zero-order chi connectivity index (χ0) is 17.7. The summed E-state index contributed by atoms with van der Waals surface area (Å²) in [6.07, 6.45) is 5.79. The third-order valence-electron chi connectivity index (χ3n) is 3.92. The number of hydrogen-bond acceptors (Lipinski definition) is 4. The first kappa shape index (κ1) is 16.4. The van der Waals surface area contributed by atoms with Crippen molar-refractivity contribution in [3.63, 3.8) is 0 Å². The van der Waals surface area contributed by atoms with Gasteiger partial charge in [0.2, 0.25) is 5.91 Å². The summed E-state index contributed by atoms with van der Waals surface area (Å²) >= 11 is 0. The first-order chi connectivity index (χ1) is 12.1. The van der Waals surface area contributed by atoms with Crippen LogP contribution in [0.25, 0.3) is 5.70 Å². The van der Waals surface area contributed by atoms with E-state index in [9.17, 15) is 14.7 Å². The minimum Gasteiger partial charge on any atom is -0.480 e. The van der Waals surface area contributed by atoms with Gasteiger partial charge in [0.25, 0.3) is 0 Å². The molecule has 1 aromatic carbocycles. The molecule has 0 bridgehead atoms. The highest BCUT2D eigenvalue weighted by atomic mass is 16.4. The standard InChI is InChI=1S/C19H17N3O3/c23-17(22-13-14-6-2-1-3-7-14)19(18(24)25)9-11-21-16(12-19)15-8-4-5-10-20-15/h1-12,21H,13H2,(H,22,23)(H,24,25). The molecule has 0 aliphatic carbocycles. The van der Waals surface area contributed by atoms with Gasteiger partial charge in [0.1, 0.15) is 0 Å². The number of aromatic nitrogens is 1. The summed E-state index contributed by atoms with van der Waals surface area (Å²) in [7, 11) is 0. The fourth-order valence-corrected chi connectivity index (χ4v) is 2.55. The third kappa shape index (κ3) is 3.42. The molecule has 1 aliphatic rings. The minimum absolute atomic E-state index is 0.253. The molecule has 3 N–H and O–H groups in total. The van der Waals surface area contributed by atoms with Crippen molar-refractivity contribution in [3.8, 4) is 0 Å². The Balaban J connectivity index is 1.87. The average molecular weight is 335 g/mol. The molecule has 1 aliphatic heterocycles. The van der Waals surface area contributed by atoms with Crippen LogP contribution in [0, 0.1) is 5.41 Å². The second kappa shape index (κ2) is 7.00. The number of carbonyl (C=O) groups excluding carboxylic acids is 1.